The first-order valence-electron chi connectivity index (χ1n) is 11.1. The molecular weight excluding hydrogens is 466 g/mol. The molecule has 0 bridgehead atoms. The van der Waals surface area contributed by atoms with Crippen LogP contribution in [0.15, 0.2) is 48.5 Å². The Morgan fingerprint density at radius 1 is 1.14 bits per heavy atom. The molecule has 35 heavy (non-hydrogen) atoms. The Kier molecular flexibility index (Phi) is 8.08. The third-order valence-corrected chi connectivity index (χ3v) is 6.25. The average Bonchev–Trinajstić information content (AvgIpc) is 3.19. The monoisotopic (exact) mass is 495 g/mol. The van der Waals surface area contributed by atoms with E-state index in [1.54, 1.807) is 24.3 Å². The highest BCUT2D eigenvalue weighted by molar-refractivity contribution is 7.09. The van der Waals surface area contributed by atoms with Gasteiger partial charge in [-0.1, -0.05) is 49.7 Å². The van der Waals surface area contributed by atoms with E-state index in [1.807, 2.05) is 19.1 Å². The van der Waals surface area contributed by atoms with E-state index in [0.29, 0.717) is 18.0 Å². The lowest BCUT2D eigenvalue weighted by molar-refractivity contribution is -0.122. The molecule has 0 aliphatic heterocycles. The third-order valence-electron chi connectivity index (χ3n) is 5.40. The number of nitrogens with zero attached hydrogens (tertiary/aromatic N) is 2. The van der Waals surface area contributed by atoms with E-state index in [9.17, 15) is 19.5 Å². The lowest BCUT2D eigenvalue weighted by atomic mass is 10.0. The number of nitrogen functional groups attached to an aromatic ring is 1. The SMILES string of the molecule is Cc1ccc(C(C(=O)NCCC(C)C)N(C(=O)c2snc(C(N)=O)c2N)c2cccc(O)c2)cc1. The molecule has 0 aliphatic rings. The largest absolute Gasteiger partial charge is 0.508 e. The molecule has 3 amide bonds. The van der Waals surface area contributed by atoms with Gasteiger partial charge in [0.1, 0.15) is 16.7 Å². The van der Waals surface area contributed by atoms with Crippen LogP contribution in [-0.4, -0.2) is 33.7 Å². The van der Waals surface area contributed by atoms with Crippen LogP contribution in [0.25, 0.3) is 0 Å². The first-order chi connectivity index (χ1) is 16.6. The summed E-state index contributed by atoms with van der Waals surface area (Å²) in [5.41, 5.74) is 12.8. The fourth-order valence-electron chi connectivity index (χ4n) is 3.51. The highest BCUT2D eigenvalue weighted by Gasteiger charge is 2.36. The van der Waals surface area contributed by atoms with Gasteiger partial charge in [0, 0.05) is 18.3 Å². The van der Waals surface area contributed by atoms with Gasteiger partial charge in [0.25, 0.3) is 11.8 Å². The molecule has 10 heteroatoms. The Bertz CT molecular complexity index is 1220. The summed E-state index contributed by atoms with van der Waals surface area (Å²) < 4.78 is 3.93. The van der Waals surface area contributed by atoms with Gasteiger partial charge in [0.05, 0.1) is 5.69 Å². The first kappa shape index (κ1) is 25.7. The van der Waals surface area contributed by atoms with Crippen molar-refractivity contribution in [3.05, 3.63) is 70.2 Å². The van der Waals surface area contributed by atoms with Crippen molar-refractivity contribution in [2.45, 2.75) is 33.2 Å². The summed E-state index contributed by atoms with van der Waals surface area (Å²) in [6.07, 6.45) is 0.760. The van der Waals surface area contributed by atoms with E-state index in [1.165, 1.54) is 17.0 Å². The van der Waals surface area contributed by atoms with Crippen molar-refractivity contribution < 1.29 is 19.5 Å². The molecule has 9 nitrogen and oxygen atoms in total. The van der Waals surface area contributed by atoms with Crippen LogP contribution in [0.2, 0.25) is 0 Å². The van der Waals surface area contributed by atoms with Gasteiger partial charge in [-0.25, -0.2) is 0 Å². The van der Waals surface area contributed by atoms with E-state index in [-0.39, 0.29) is 27.7 Å². The summed E-state index contributed by atoms with van der Waals surface area (Å²) in [4.78, 5) is 40.3. The number of hydrogen-bond donors (Lipinski definition) is 4. The van der Waals surface area contributed by atoms with Gasteiger partial charge in [-0.2, -0.15) is 4.37 Å². The molecule has 184 valence electrons. The number of phenolic OH excluding ortho intramolecular Hbond substituents is 1. The van der Waals surface area contributed by atoms with E-state index >= 15 is 0 Å². The van der Waals surface area contributed by atoms with E-state index in [2.05, 4.69) is 23.5 Å². The molecule has 0 aliphatic carbocycles. The van der Waals surface area contributed by atoms with Gasteiger partial charge >= 0.3 is 0 Å². The Labute approximate surface area is 207 Å². The summed E-state index contributed by atoms with van der Waals surface area (Å²) >= 11 is 0.727. The molecule has 0 saturated heterocycles. The van der Waals surface area contributed by atoms with Crippen LogP contribution in [0.4, 0.5) is 11.4 Å². The molecule has 1 unspecified atom stereocenters. The Morgan fingerprint density at radius 2 is 1.83 bits per heavy atom. The maximum atomic E-state index is 13.9. The van der Waals surface area contributed by atoms with Crippen molar-refractivity contribution in [2.75, 3.05) is 17.2 Å². The number of nitrogens with one attached hydrogen (secondary N) is 1. The molecule has 0 saturated carbocycles. The Hall–Kier alpha value is -3.92. The zero-order valence-corrected chi connectivity index (χ0v) is 20.6. The van der Waals surface area contributed by atoms with E-state index in [4.69, 9.17) is 11.5 Å². The lowest BCUT2D eigenvalue weighted by Gasteiger charge is -2.31. The van der Waals surface area contributed by atoms with Crippen LogP contribution in [0.3, 0.4) is 0 Å². The molecule has 1 aromatic heterocycles. The van der Waals surface area contributed by atoms with E-state index in [0.717, 1.165) is 23.5 Å². The normalized spacial score (nSPS) is 11.8. The first-order valence-corrected chi connectivity index (χ1v) is 11.9. The van der Waals surface area contributed by atoms with Gasteiger partial charge in [-0.3, -0.25) is 19.3 Å². The van der Waals surface area contributed by atoms with Gasteiger partial charge in [-0.15, -0.1) is 0 Å². The third kappa shape index (κ3) is 5.96. The number of benzene rings is 2. The molecule has 3 rings (SSSR count). The number of nitrogens with two attached hydrogens (primary N) is 2. The number of rotatable bonds is 9. The second-order valence-corrected chi connectivity index (χ2v) is 9.39. The second kappa shape index (κ2) is 11.0. The Balaban J connectivity index is 2.16. The maximum Gasteiger partial charge on any atom is 0.273 e. The summed E-state index contributed by atoms with van der Waals surface area (Å²) in [5.74, 6) is -1.62. The van der Waals surface area contributed by atoms with Crippen LogP contribution in [0.5, 0.6) is 5.75 Å². The number of aromatic nitrogens is 1. The number of carbonyl (C=O) groups is 3. The van der Waals surface area contributed by atoms with E-state index < -0.39 is 23.8 Å². The molecule has 0 radical (unpaired) electrons. The number of anilines is 2. The molecule has 1 heterocycles. The Morgan fingerprint density at radius 3 is 2.40 bits per heavy atom. The summed E-state index contributed by atoms with van der Waals surface area (Å²) in [6.45, 7) is 6.45. The number of hydrogen-bond acceptors (Lipinski definition) is 7. The molecule has 0 fully saturated rings. The minimum absolute atomic E-state index is 0.0331. The molecule has 1 atom stereocenters. The van der Waals surface area contributed by atoms with Crippen LogP contribution in [0.1, 0.15) is 57.6 Å². The predicted molar refractivity (Wildman–Crippen MR) is 136 cm³/mol. The zero-order chi connectivity index (χ0) is 25.7. The highest BCUT2D eigenvalue weighted by atomic mass is 32.1. The van der Waals surface area contributed by atoms with Crippen molar-refractivity contribution in [1.82, 2.24) is 9.69 Å². The van der Waals surface area contributed by atoms with Gasteiger partial charge < -0.3 is 21.9 Å². The molecule has 3 aromatic rings. The molecular formula is C25H29N5O4S. The second-order valence-electron chi connectivity index (χ2n) is 8.62. The topological polar surface area (TPSA) is 152 Å². The minimum Gasteiger partial charge on any atom is -0.508 e. The lowest BCUT2D eigenvalue weighted by Crippen LogP contribution is -2.44. The molecule has 6 N–H and O–H groups in total. The van der Waals surface area contributed by atoms with Crippen LogP contribution < -0.4 is 21.7 Å². The van der Waals surface area contributed by atoms with Gasteiger partial charge in [-0.05, 0) is 48.5 Å². The summed E-state index contributed by atoms with van der Waals surface area (Å²) in [5, 5.41) is 13.1. The predicted octanol–water partition coefficient (Wildman–Crippen LogP) is 3.39. The fraction of sp³-hybridized carbons (Fsp3) is 0.280. The number of aromatic hydroxyl groups is 1. The average molecular weight is 496 g/mol. The highest BCUT2D eigenvalue weighted by Crippen LogP contribution is 2.34. The van der Waals surface area contributed by atoms with Crippen LogP contribution in [-0.2, 0) is 4.79 Å². The van der Waals surface area contributed by atoms with Crippen LogP contribution >= 0.6 is 11.5 Å². The van der Waals surface area contributed by atoms with Crippen LogP contribution in [0, 0.1) is 12.8 Å². The quantitative estimate of drug-likeness (QED) is 0.357. The van der Waals surface area contributed by atoms with Crippen molar-refractivity contribution in [1.29, 1.82) is 0 Å². The van der Waals surface area contributed by atoms with Crippen molar-refractivity contribution in [2.24, 2.45) is 11.7 Å². The molecule has 0 spiro atoms. The standard InChI is InChI=1S/C25H29N5O4S/c1-14(2)11-12-28-24(33)21(16-9-7-15(3)8-10-16)30(17-5-4-6-18(31)13-17)25(34)22-19(26)20(23(27)32)29-35-22/h4-10,13-14,21,31H,11-12,26H2,1-3H3,(H2,27,32)(H,28,33). The fourth-order valence-corrected chi connectivity index (χ4v) is 4.25. The number of amides is 3. The number of aryl methyl sites for hydroxylation is 1. The zero-order valence-electron chi connectivity index (χ0n) is 19.8. The number of phenols is 1. The summed E-state index contributed by atoms with van der Waals surface area (Å²) in [7, 11) is 0. The minimum atomic E-state index is -1.09. The smallest absolute Gasteiger partial charge is 0.273 e. The number of primary amides is 1. The summed E-state index contributed by atoms with van der Waals surface area (Å²) in [6, 6.07) is 12.2. The van der Waals surface area contributed by atoms with Crippen molar-refractivity contribution in [3.63, 3.8) is 0 Å². The molecule has 2 aromatic carbocycles. The van der Waals surface area contributed by atoms with Crippen molar-refractivity contribution >= 4 is 40.6 Å². The maximum absolute atomic E-state index is 13.9. The van der Waals surface area contributed by atoms with Gasteiger partial charge in [0.15, 0.2) is 5.69 Å². The number of carbonyl (C=O) groups excluding carboxylic acids is 3. The van der Waals surface area contributed by atoms with Crippen molar-refractivity contribution in [3.8, 4) is 5.75 Å². The van der Waals surface area contributed by atoms with Gasteiger partial charge in [0.2, 0.25) is 5.91 Å².